The van der Waals surface area contributed by atoms with Gasteiger partial charge in [0.15, 0.2) is 0 Å². The van der Waals surface area contributed by atoms with E-state index in [0.29, 0.717) is 6.04 Å². The van der Waals surface area contributed by atoms with Gasteiger partial charge in [-0.1, -0.05) is 38.8 Å². The predicted molar refractivity (Wildman–Crippen MR) is 93.1 cm³/mol. The molecule has 118 valence electrons. The molecule has 1 fully saturated rings. The minimum Gasteiger partial charge on any atom is -0.373 e. The molecular formula is C19H32N2. The number of benzene rings is 1. The fraction of sp³-hybridized carbons (Fsp3) is 0.684. The summed E-state index contributed by atoms with van der Waals surface area (Å²) in [6.45, 7) is 6.73. The molecule has 2 rings (SSSR count). The Morgan fingerprint density at radius 3 is 2.38 bits per heavy atom. The highest BCUT2D eigenvalue weighted by Gasteiger charge is 2.25. The van der Waals surface area contributed by atoms with Crippen molar-refractivity contribution in [2.45, 2.75) is 58.4 Å². The number of nitrogens with zero attached hydrogens (tertiary/aromatic N) is 1. The molecule has 21 heavy (non-hydrogen) atoms. The fourth-order valence-electron chi connectivity index (χ4n) is 3.46. The molecular weight excluding hydrogens is 256 g/mol. The monoisotopic (exact) mass is 288 g/mol. The second kappa shape index (κ2) is 8.43. The minimum absolute atomic E-state index is 0.642. The fourth-order valence-corrected chi connectivity index (χ4v) is 3.46. The van der Waals surface area contributed by atoms with Gasteiger partial charge in [-0.3, -0.25) is 0 Å². The molecule has 2 nitrogen and oxygen atoms in total. The lowest BCUT2D eigenvalue weighted by Gasteiger charge is -2.30. The van der Waals surface area contributed by atoms with Crippen LogP contribution in [0.1, 0.15) is 51.5 Å². The smallest absolute Gasteiger partial charge is 0.0364 e. The Morgan fingerprint density at radius 2 is 1.81 bits per heavy atom. The Balaban J connectivity index is 1.96. The third-order valence-corrected chi connectivity index (χ3v) is 4.88. The summed E-state index contributed by atoms with van der Waals surface area (Å²) in [6, 6.07) is 9.70. The highest BCUT2D eigenvalue weighted by Crippen LogP contribution is 2.28. The van der Waals surface area contributed by atoms with Gasteiger partial charge in [-0.25, -0.2) is 0 Å². The second-order valence-electron chi connectivity index (χ2n) is 6.51. The van der Waals surface area contributed by atoms with E-state index in [2.05, 4.69) is 55.4 Å². The molecule has 0 amide bonds. The zero-order valence-electron chi connectivity index (χ0n) is 14.1. The lowest BCUT2D eigenvalue weighted by Crippen LogP contribution is -2.44. The summed E-state index contributed by atoms with van der Waals surface area (Å²) >= 11 is 0. The standard InChI is InChI=1S/C19H32N2/c1-4-14-20-19(17-8-6-7-9-17)15-21(3)18-12-10-16(5-2)11-13-18/h10-13,17,19-20H,4-9,14-15H2,1-3H3. The molecule has 0 aliphatic heterocycles. The molecule has 0 aromatic heterocycles. The molecule has 1 aliphatic rings. The summed E-state index contributed by atoms with van der Waals surface area (Å²) in [7, 11) is 2.23. The number of rotatable bonds is 8. The lowest BCUT2D eigenvalue weighted by atomic mass is 9.97. The van der Waals surface area contributed by atoms with Gasteiger partial charge < -0.3 is 10.2 Å². The van der Waals surface area contributed by atoms with Crippen LogP contribution < -0.4 is 10.2 Å². The second-order valence-corrected chi connectivity index (χ2v) is 6.51. The van der Waals surface area contributed by atoms with Crippen LogP contribution in [-0.2, 0) is 6.42 Å². The van der Waals surface area contributed by atoms with Crippen molar-refractivity contribution in [1.29, 1.82) is 0 Å². The van der Waals surface area contributed by atoms with E-state index in [0.717, 1.165) is 25.4 Å². The Morgan fingerprint density at radius 1 is 1.14 bits per heavy atom. The van der Waals surface area contributed by atoms with Crippen LogP contribution in [0.3, 0.4) is 0 Å². The summed E-state index contributed by atoms with van der Waals surface area (Å²) in [4.78, 5) is 2.42. The molecule has 1 unspecified atom stereocenters. The molecule has 0 heterocycles. The first-order chi connectivity index (χ1) is 10.2. The zero-order valence-corrected chi connectivity index (χ0v) is 14.1. The molecule has 2 heteroatoms. The first-order valence-electron chi connectivity index (χ1n) is 8.78. The molecule has 1 N–H and O–H groups in total. The van der Waals surface area contributed by atoms with Gasteiger partial charge in [-0.15, -0.1) is 0 Å². The van der Waals surface area contributed by atoms with Gasteiger partial charge in [0.25, 0.3) is 0 Å². The first kappa shape index (κ1) is 16.4. The number of likely N-dealkylation sites (N-methyl/N-ethyl adjacent to an activating group) is 1. The Labute approximate surface area is 130 Å². The number of aryl methyl sites for hydroxylation is 1. The predicted octanol–water partition coefficient (Wildman–Crippen LogP) is 4.24. The molecule has 0 radical (unpaired) electrons. The SMILES string of the molecule is CCCNC(CN(C)c1ccc(CC)cc1)C1CCCC1. The maximum Gasteiger partial charge on any atom is 0.0364 e. The Bertz CT molecular complexity index is 393. The molecule has 0 bridgehead atoms. The van der Waals surface area contributed by atoms with Crippen LogP contribution in [0.5, 0.6) is 0 Å². The molecule has 0 saturated heterocycles. The molecule has 1 aromatic rings. The maximum atomic E-state index is 3.79. The van der Waals surface area contributed by atoms with Crippen LogP contribution in [0.15, 0.2) is 24.3 Å². The molecule has 0 spiro atoms. The van der Waals surface area contributed by atoms with Crippen LogP contribution >= 0.6 is 0 Å². The third-order valence-electron chi connectivity index (χ3n) is 4.88. The van der Waals surface area contributed by atoms with E-state index in [-0.39, 0.29) is 0 Å². The van der Waals surface area contributed by atoms with E-state index in [1.807, 2.05) is 0 Å². The van der Waals surface area contributed by atoms with E-state index in [4.69, 9.17) is 0 Å². The summed E-state index contributed by atoms with van der Waals surface area (Å²) in [6.07, 6.45) is 7.99. The topological polar surface area (TPSA) is 15.3 Å². The number of anilines is 1. The number of hydrogen-bond acceptors (Lipinski definition) is 2. The first-order valence-corrected chi connectivity index (χ1v) is 8.78. The average Bonchev–Trinajstić information content (AvgIpc) is 3.05. The van der Waals surface area contributed by atoms with Gasteiger partial charge in [0.1, 0.15) is 0 Å². The number of nitrogens with one attached hydrogen (secondary N) is 1. The van der Waals surface area contributed by atoms with Crippen LogP contribution in [0, 0.1) is 5.92 Å². The van der Waals surface area contributed by atoms with Crippen molar-refractivity contribution in [2.75, 3.05) is 25.0 Å². The van der Waals surface area contributed by atoms with E-state index >= 15 is 0 Å². The zero-order chi connectivity index (χ0) is 15.1. The summed E-state index contributed by atoms with van der Waals surface area (Å²) in [5.41, 5.74) is 2.76. The van der Waals surface area contributed by atoms with Crippen molar-refractivity contribution in [3.8, 4) is 0 Å². The largest absolute Gasteiger partial charge is 0.373 e. The quantitative estimate of drug-likeness (QED) is 0.769. The van der Waals surface area contributed by atoms with Crippen LogP contribution in [0.4, 0.5) is 5.69 Å². The van der Waals surface area contributed by atoms with Gasteiger partial charge in [0, 0.05) is 25.3 Å². The average molecular weight is 288 g/mol. The van der Waals surface area contributed by atoms with Gasteiger partial charge in [0.05, 0.1) is 0 Å². The van der Waals surface area contributed by atoms with Gasteiger partial charge in [-0.05, 0) is 55.8 Å². The van der Waals surface area contributed by atoms with E-state index in [1.165, 1.54) is 43.4 Å². The normalized spacial score (nSPS) is 17.1. The van der Waals surface area contributed by atoms with Crippen molar-refractivity contribution in [2.24, 2.45) is 5.92 Å². The number of hydrogen-bond donors (Lipinski definition) is 1. The molecule has 1 atom stereocenters. The van der Waals surface area contributed by atoms with Gasteiger partial charge >= 0.3 is 0 Å². The van der Waals surface area contributed by atoms with E-state index in [9.17, 15) is 0 Å². The highest BCUT2D eigenvalue weighted by molar-refractivity contribution is 5.47. The third kappa shape index (κ3) is 4.74. The Hall–Kier alpha value is -1.02. The summed E-state index contributed by atoms with van der Waals surface area (Å²) in [5.74, 6) is 0.869. The van der Waals surface area contributed by atoms with Crippen LogP contribution in [0.2, 0.25) is 0 Å². The molecule has 1 aliphatic carbocycles. The van der Waals surface area contributed by atoms with Crippen LogP contribution in [-0.4, -0.2) is 26.2 Å². The minimum atomic E-state index is 0.642. The molecule has 1 saturated carbocycles. The highest BCUT2D eigenvalue weighted by atomic mass is 15.1. The van der Waals surface area contributed by atoms with Crippen molar-refractivity contribution in [3.05, 3.63) is 29.8 Å². The molecule has 1 aromatic carbocycles. The van der Waals surface area contributed by atoms with Crippen molar-refractivity contribution < 1.29 is 0 Å². The van der Waals surface area contributed by atoms with Crippen molar-refractivity contribution in [3.63, 3.8) is 0 Å². The van der Waals surface area contributed by atoms with Crippen LogP contribution in [0.25, 0.3) is 0 Å². The van der Waals surface area contributed by atoms with E-state index < -0.39 is 0 Å². The van der Waals surface area contributed by atoms with E-state index in [1.54, 1.807) is 0 Å². The lowest BCUT2D eigenvalue weighted by molar-refractivity contribution is 0.361. The van der Waals surface area contributed by atoms with Gasteiger partial charge in [0.2, 0.25) is 0 Å². The Kier molecular flexibility index (Phi) is 6.56. The van der Waals surface area contributed by atoms with Gasteiger partial charge in [-0.2, -0.15) is 0 Å². The summed E-state index contributed by atoms with van der Waals surface area (Å²) in [5, 5.41) is 3.79. The summed E-state index contributed by atoms with van der Waals surface area (Å²) < 4.78 is 0. The van der Waals surface area contributed by atoms with Crippen molar-refractivity contribution in [1.82, 2.24) is 5.32 Å². The maximum absolute atomic E-state index is 3.79. The van der Waals surface area contributed by atoms with Crippen molar-refractivity contribution >= 4 is 5.69 Å².